The van der Waals surface area contributed by atoms with E-state index < -0.39 is 5.91 Å². The number of rotatable bonds is 2. The van der Waals surface area contributed by atoms with Gasteiger partial charge in [0.25, 0.3) is 5.91 Å². The zero-order chi connectivity index (χ0) is 13.3. The third kappa shape index (κ3) is 2.01. The van der Waals surface area contributed by atoms with E-state index >= 15 is 0 Å². The molecule has 3 N–H and O–H groups in total. The minimum Gasteiger partial charge on any atom is -0.507 e. The molecule has 1 amide bonds. The SMILES string of the molecule is CC1CCN(C(=O)c2c(O)cccc2O)C1CO. The molecule has 5 heteroatoms. The van der Waals surface area contributed by atoms with Crippen molar-refractivity contribution in [2.45, 2.75) is 19.4 Å². The minimum atomic E-state index is -0.436. The van der Waals surface area contributed by atoms with E-state index in [0.717, 1.165) is 6.42 Å². The number of hydrogen-bond acceptors (Lipinski definition) is 4. The topological polar surface area (TPSA) is 81.0 Å². The van der Waals surface area contributed by atoms with E-state index in [1.54, 1.807) is 0 Å². The number of phenolic OH excluding ortho intramolecular Hbond substituents is 2. The van der Waals surface area contributed by atoms with E-state index in [-0.39, 0.29) is 35.6 Å². The fourth-order valence-corrected chi connectivity index (χ4v) is 2.43. The lowest BCUT2D eigenvalue weighted by atomic mass is 10.0. The van der Waals surface area contributed by atoms with Gasteiger partial charge < -0.3 is 20.2 Å². The van der Waals surface area contributed by atoms with Gasteiger partial charge in [-0.15, -0.1) is 0 Å². The largest absolute Gasteiger partial charge is 0.507 e. The van der Waals surface area contributed by atoms with Crippen molar-refractivity contribution >= 4 is 5.91 Å². The maximum absolute atomic E-state index is 12.3. The van der Waals surface area contributed by atoms with Gasteiger partial charge in [0.1, 0.15) is 17.1 Å². The van der Waals surface area contributed by atoms with Crippen LogP contribution in [0.25, 0.3) is 0 Å². The number of hydrogen-bond donors (Lipinski definition) is 3. The average molecular weight is 251 g/mol. The Morgan fingerprint density at radius 2 is 2.00 bits per heavy atom. The predicted octanol–water partition coefficient (Wildman–Crippen LogP) is 0.941. The molecule has 98 valence electrons. The number of aromatic hydroxyl groups is 2. The Morgan fingerprint density at radius 3 is 2.56 bits per heavy atom. The van der Waals surface area contributed by atoms with Gasteiger partial charge in [-0.05, 0) is 24.5 Å². The molecule has 1 heterocycles. The highest BCUT2D eigenvalue weighted by Gasteiger charge is 2.36. The Kier molecular flexibility index (Phi) is 3.43. The third-order valence-electron chi connectivity index (χ3n) is 3.56. The van der Waals surface area contributed by atoms with Crippen molar-refractivity contribution in [2.24, 2.45) is 5.92 Å². The monoisotopic (exact) mass is 251 g/mol. The Hall–Kier alpha value is -1.75. The molecule has 0 bridgehead atoms. The molecule has 1 fully saturated rings. The van der Waals surface area contributed by atoms with Crippen LogP contribution in [0.4, 0.5) is 0 Å². The van der Waals surface area contributed by atoms with Crippen molar-refractivity contribution in [3.63, 3.8) is 0 Å². The Balaban J connectivity index is 2.32. The maximum Gasteiger partial charge on any atom is 0.261 e. The quantitative estimate of drug-likeness (QED) is 0.730. The first-order valence-electron chi connectivity index (χ1n) is 5.99. The molecule has 5 nitrogen and oxygen atoms in total. The molecule has 0 aromatic heterocycles. The van der Waals surface area contributed by atoms with Crippen molar-refractivity contribution in [2.75, 3.05) is 13.2 Å². The molecule has 0 radical (unpaired) electrons. The molecule has 18 heavy (non-hydrogen) atoms. The first-order chi connectivity index (χ1) is 8.56. The summed E-state index contributed by atoms with van der Waals surface area (Å²) in [6, 6.07) is 3.94. The van der Waals surface area contributed by atoms with Gasteiger partial charge >= 0.3 is 0 Å². The van der Waals surface area contributed by atoms with Gasteiger partial charge in [-0.3, -0.25) is 4.79 Å². The molecule has 1 aromatic rings. The first-order valence-corrected chi connectivity index (χ1v) is 5.99. The van der Waals surface area contributed by atoms with Gasteiger partial charge in [0.15, 0.2) is 0 Å². The highest BCUT2D eigenvalue weighted by molar-refractivity contribution is 5.99. The molecule has 1 saturated heterocycles. The van der Waals surface area contributed by atoms with Crippen molar-refractivity contribution in [3.8, 4) is 11.5 Å². The summed E-state index contributed by atoms with van der Waals surface area (Å²) in [7, 11) is 0. The Bertz CT molecular complexity index is 440. The fraction of sp³-hybridized carbons (Fsp3) is 0.462. The number of benzene rings is 1. The summed E-state index contributed by atoms with van der Waals surface area (Å²) in [4.78, 5) is 13.8. The van der Waals surface area contributed by atoms with E-state index in [1.165, 1.54) is 23.1 Å². The van der Waals surface area contributed by atoms with Crippen LogP contribution in [0.15, 0.2) is 18.2 Å². The molecule has 2 atom stereocenters. The summed E-state index contributed by atoms with van der Waals surface area (Å²) in [5.41, 5.74) is -0.0925. The summed E-state index contributed by atoms with van der Waals surface area (Å²) >= 11 is 0. The number of likely N-dealkylation sites (tertiary alicyclic amines) is 1. The van der Waals surface area contributed by atoms with Crippen LogP contribution < -0.4 is 0 Å². The molecule has 0 saturated carbocycles. The Labute approximate surface area is 105 Å². The molecule has 0 aliphatic carbocycles. The molecular weight excluding hydrogens is 234 g/mol. The third-order valence-corrected chi connectivity index (χ3v) is 3.56. The fourth-order valence-electron chi connectivity index (χ4n) is 2.43. The van der Waals surface area contributed by atoms with Gasteiger partial charge in [-0.2, -0.15) is 0 Å². The number of phenols is 2. The van der Waals surface area contributed by atoms with Crippen molar-refractivity contribution < 1.29 is 20.1 Å². The van der Waals surface area contributed by atoms with E-state index in [4.69, 9.17) is 0 Å². The normalized spacial score (nSPS) is 23.3. The minimum absolute atomic E-state index is 0.0925. The lowest BCUT2D eigenvalue weighted by Gasteiger charge is -2.25. The molecule has 2 rings (SSSR count). The van der Waals surface area contributed by atoms with Crippen LogP contribution in [0.2, 0.25) is 0 Å². The highest BCUT2D eigenvalue weighted by Crippen LogP contribution is 2.32. The van der Waals surface area contributed by atoms with Gasteiger partial charge in [0.05, 0.1) is 12.6 Å². The zero-order valence-electron chi connectivity index (χ0n) is 10.2. The van der Waals surface area contributed by atoms with E-state index in [9.17, 15) is 20.1 Å². The zero-order valence-corrected chi connectivity index (χ0v) is 10.2. The second kappa shape index (κ2) is 4.86. The van der Waals surface area contributed by atoms with Gasteiger partial charge in [0.2, 0.25) is 0 Å². The van der Waals surface area contributed by atoms with Crippen LogP contribution in [-0.4, -0.2) is 45.3 Å². The predicted molar refractivity (Wildman–Crippen MR) is 65.5 cm³/mol. The lowest BCUT2D eigenvalue weighted by molar-refractivity contribution is 0.0642. The van der Waals surface area contributed by atoms with Gasteiger partial charge in [0, 0.05) is 6.54 Å². The van der Waals surface area contributed by atoms with Gasteiger partial charge in [-0.1, -0.05) is 13.0 Å². The number of amides is 1. The number of carbonyl (C=O) groups is 1. The second-order valence-corrected chi connectivity index (χ2v) is 4.69. The van der Waals surface area contributed by atoms with Crippen LogP contribution in [0.3, 0.4) is 0 Å². The van der Waals surface area contributed by atoms with Crippen LogP contribution >= 0.6 is 0 Å². The van der Waals surface area contributed by atoms with Crippen molar-refractivity contribution in [1.82, 2.24) is 4.90 Å². The first kappa shape index (κ1) is 12.7. The van der Waals surface area contributed by atoms with E-state index in [2.05, 4.69) is 0 Å². The summed E-state index contributed by atoms with van der Waals surface area (Å²) < 4.78 is 0. The Morgan fingerprint density at radius 1 is 1.39 bits per heavy atom. The van der Waals surface area contributed by atoms with Crippen LogP contribution in [0, 0.1) is 5.92 Å². The highest BCUT2D eigenvalue weighted by atomic mass is 16.3. The number of carbonyl (C=O) groups excluding carboxylic acids is 1. The molecule has 1 aromatic carbocycles. The van der Waals surface area contributed by atoms with Crippen LogP contribution in [-0.2, 0) is 0 Å². The molecule has 0 spiro atoms. The van der Waals surface area contributed by atoms with Crippen molar-refractivity contribution in [3.05, 3.63) is 23.8 Å². The number of nitrogens with zero attached hydrogens (tertiary/aromatic N) is 1. The standard InChI is InChI=1S/C13H17NO4/c1-8-5-6-14(9(8)7-15)13(18)12-10(16)3-2-4-11(12)17/h2-4,8-9,15-17H,5-7H2,1H3. The number of aliphatic hydroxyl groups excluding tert-OH is 1. The average Bonchev–Trinajstić information content (AvgIpc) is 2.69. The lowest BCUT2D eigenvalue weighted by Crippen LogP contribution is -2.39. The smallest absolute Gasteiger partial charge is 0.261 e. The summed E-state index contributed by atoms with van der Waals surface area (Å²) in [6.45, 7) is 2.39. The molecule has 1 aliphatic heterocycles. The molecule has 1 aliphatic rings. The van der Waals surface area contributed by atoms with Crippen molar-refractivity contribution in [1.29, 1.82) is 0 Å². The van der Waals surface area contributed by atoms with Gasteiger partial charge in [-0.25, -0.2) is 0 Å². The van der Waals surface area contributed by atoms with Crippen LogP contribution in [0.5, 0.6) is 11.5 Å². The van der Waals surface area contributed by atoms with E-state index in [0.29, 0.717) is 6.54 Å². The molecule has 2 unspecified atom stereocenters. The second-order valence-electron chi connectivity index (χ2n) is 4.69. The summed E-state index contributed by atoms with van der Waals surface area (Å²) in [5.74, 6) is -0.701. The maximum atomic E-state index is 12.3. The van der Waals surface area contributed by atoms with Crippen LogP contribution in [0.1, 0.15) is 23.7 Å². The number of aliphatic hydroxyl groups is 1. The van der Waals surface area contributed by atoms with E-state index in [1.807, 2.05) is 6.92 Å². The molecular formula is C13H17NO4. The summed E-state index contributed by atoms with van der Waals surface area (Å²) in [5, 5.41) is 28.7. The summed E-state index contributed by atoms with van der Waals surface area (Å²) in [6.07, 6.45) is 0.811.